The first-order chi connectivity index (χ1) is 15.3. The fourth-order valence-electron chi connectivity index (χ4n) is 2.80. The van der Waals surface area contributed by atoms with Crippen molar-refractivity contribution in [1.82, 2.24) is 0 Å². The standard InChI is InChI=1S/C21H18N2O7S2/c1-3-29-19(24)12-30-16-9-4-13(10-17(16)28-2)11-18-20(25)22(21(31)32-18)14-5-7-15(8-6-14)23(26)27/h4-11H,3,12H2,1-2H3. The number of hydrogen-bond acceptors (Lipinski definition) is 9. The van der Waals surface area contributed by atoms with Crippen LogP contribution in [0.1, 0.15) is 12.5 Å². The summed E-state index contributed by atoms with van der Waals surface area (Å²) in [4.78, 5) is 36.4. The molecule has 0 radical (unpaired) electrons. The van der Waals surface area contributed by atoms with Gasteiger partial charge in [-0.05, 0) is 42.8 Å². The molecule has 1 amide bonds. The number of anilines is 1. The number of hydrogen-bond donors (Lipinski definition) is 0. The molecule has 0 bridgehead atoms. The molecule has 9 nitrogen and oxygen atoms in total. The number of non-ortho nitro benzene ring substituents is 1. The molecular formula is C21H18N2O7S2. The quantitative estimate of drug-likeness (QED) is 0.185. The topological polar surface area (TPSA) is 108 Å². The van der Waals surface area contributed by atoms with Gasteiger partial charge in [0.1, 0.15) is 0 Å². The largest absolute Gasteiger partial charge is 0.493 e. The summed E-state index contributed by atoms with van der Waals surface area (Å²) in [6, 6.07) is 10.6. The minimum atomic E-state index is -0.512. The molecule has 0 atom stereocenters. The predicted molar refractivity (Wildman–Crippen MR) is 124 cm³/mol. The molecular weight excluding hydrogens is 456 g/mol. The summed E-state index contributed by atoms with van der Waals surface area (Å²) in [5, 5.41) is 10.8. The highest BCUT2D eigenvalue weighted by Gasteiger charge is 2.33. The van der Waals surface area contributed by atoms with Crippen LogP contribution in [0, 0.1) is 10.1 Å². The average molecular weight is 475 g/mol. The summed E-state index contributed by atoms with van der Waals surface area (Å²) in [7, 11) is 1.46. The van der Waals surface area contributed by atoms with Gasteiger partial charge in [-0.25, -0.2) is 4.79 Å². The third-order valence-corrected chi connectivity index (χ3v) is 5.55. The van der Waals surface area contributed by atoms with Crippen LogP contribution in [0.5, 0.6) is 11.5 Å². The van der Waals surface area contributed by atoms with Gasteiger partial charge in [-0.15, -0.1) is 0 Å². The minimum absolute atomic E-state index is 0.0768. The number of carbonyl (C=O) groups is 2. The maximum Gasteiger partial charge on any atom is 0.344 e. The number of nitro groups is 1. The molecule has 11 heteroatoms. The lowest BCUT2D eigenvalue weighted by molar-refractivity contribution is -0.384. The van der Waals surface area contributed by atoms with E-state index in [2.05, 4.69) is 0 Å². The van der Waals surface area contributed by atoms with Crippen LogP contribution >= 0.6 is 24.0 Å². The molecule has 0 spiro atoms. The molecule has 1 saturated heterocycles. The second-order valence-electron chi connectivity index (χ2n) is 6.29. The fourth-order valence-corrected chi connectivity index (χ4v) is 4.10. The van der Waals surface area contributed by atoms with E-state index < -0.39 is 10.9 Å². The van der Waals surface area contributed by atoms with E-state index in [1.165, 1.54) is 36.3 Å². The Labute approximate surface area is 193 Å². The monoisotopic (exact) mass is 474 g/mol. The molecule has 32 heavy (non-hydrogen) atoms. The molecule has 2 aromatic rings. The Morgan fingerprint density at radius 3 is 2.56 bits per heavy atom. The molecule has 1 aliphatic heterocycles. The number of nitro benzene ring substituents is 1. The summed E-state index contributed by atoms with van der Waals surface area (Å²) in [6.45, 7) is 1.71. The Bertz CT molecular complexity index is 1100. The Balaban J connectivity index is 1.79. The van der Waals surface area contributed by atoms with E-state index in [1.807, 2.05) is 0 Å². The van der Waals surface area contributed by atoms with Gasteiger partial charge in [-0.1, -0.05) is 30.0 Å². The van der Waals surface area contributed by atoms with Gasteiger partial charge < -0.3 is 14.2 Å². The highest BCUT2D eigenvalue weighted by molar-refractivity contribution is 8.27. The lowest BCUT2D eigenvalue weighted by Gasteiger charge is -2.14. The van der Waals surface area contributed by atoms with E-state index >= 15 is 0 Å². The first kappa shape index (κ1) is 23.2. The Kier molecular flexibility index (Phi) is 7.44. The number of amides is 1. The maximum absolute atomic E-state index is 12.9. The van der Waals surface area contributed by atoms with Crippen molar-refractivity contribution in [3.8, 4) is 11.5 Å². The van der Waals surface area contributed by atoms with Crippen LogP contribution in [0.25, 0.3) is 6.08 Å². The van der Waals surface area contributed by atoms with Gasteiger partial charge in [0.25, 0.3) is 11.6 Å². The van der Waals surface area contributed by atoms with Gasteiger partial charge >= 0.3 is 5.97 Å². The summed E-state index contributed by atoms with van der Waals surface area (Å²) < 4.78 is 15.9. The zero-order valence-electron chi connectivity index (χ0n) is 17.1. The van der Waals surface area contributed by atoms with Gasteiger partial charge in [0.2, 0.25) is 0 Å². The minimum Gasteiger partial charge on any atom is -0.493 e. The number of thioether (sulfide) groups is 1. The van der Waals surface area contributed by atoms with Crippen molar-refractivity contribution in [2.45, 2.75) is 6.92 Å². The molecule has 166 valence electrons. The summed E-state index contributed by atoms with van der Waals surface area (Å²) in [5.41, 5.74) is 1.03. The van der Waals surface area contributed by atoms with Crippen molar-refractivity contribution in [1.29, 1.82) is 0 Å². The molecule has 0 N–H and O–H groups in total. The Morgan fingerprint density at radius 2 is 1.94 bits per heavy atom. The van der Waals surface area contributed by atoms with Gasteiger partial charge in [0.05, 0.1) is 29.2 Å². The number of benzene rings is 2. The van der Waals surface area contributed by atoms with E-state index in [9.17, 15) is 19.7 Å². The van der Waals surface area contributed by atoms with Gasteiger partial charge in [-0.2, -0.15) is 0 Å². The van der Waals surface area contributed by atoms with E-state index in [1.54, 1.807) is 31.2 Å². The fraction of sp³-hybridized carbons (Fsp3) is 0.190. The number of thiocarbonyl (C=S) groups is 1. The number of carbonyl (C=O) groups excluding carboxylic acids is 2. The molecule has 0 unspecified atom stereocenters. The molecule has 1 fully saturated rings. The third-order valence-electron chi connectivity index (χ3n) is 4.25. The van der Waals surface area contributed by atoms with Crippen molar-refractivity contribution < 1.29 is 28.7 Å². The Morgan fingerprint density at radius 1 is 1.22 bits per heavy atom. The lowest BCUT2D eigenvalue weighted by Crippen LogP contribution is -2.27. The summed E-state index contributed by atoms with van der Waals surface area (Å²) >= 11 is 6.45. The average Bonchev–Trinajstić information content (AvgIpc) is 3.05. The van der Waals surface area contributed by atoms with Crippen LogP contribution in [0.15, 0.2) is 47.4 Å². The second kappa shape index (κ2) is 10.2. The van der Waals surface area contributed by atoms with Crippen LogP contribution in [-0.2, 0) is 14.3 Å². The van der Waals surface area contributed by atoms with Crippen molar-refractivity contribution in [3.63, 3.8) is 0 Å². The summed E-state index contributed by atoms with van der Waals surface area (Å²) in [5.74, 6) is -0.0889. The summed E-state index contributed by atoms with van der Waals surface area (Å²) in [6.07, 6.45) is 1.66. The third kappa shape index (κ3) is 5.24. The normalized spacial score (nSPS) is 14.6. The first-order valence-corrected chi connectivity index (χ1v) is 10.6. The first-order valence-electron chi connectivity index (χ1n) is 9.33. The number of esters is 1. The smallest absolute Gasteiger partial charge is 0.344 e. The number of rotatable bonds is 8. The molecule has 3 rings (SSSR count). The van der Waals surface area contributed by atoms with Crippen molar-refractivity contribution in [3.05, 3.63) is 63.0 Å². The van der Waals surface area contributed by atoms with E-state index in [-0.39, 0.29) is 24.8 Å². The molecule has 0 aromatic heterocycles. The number of methoxy groups -OCH3 is 1. The van der Waals surface area contributed by atoms with E-state index in [0.29, 0.717) is 32.0 Å². The Hall–Kier alpha value is -3.44. The van der Waals surface area contributed by atoms with E-state index in [4.69, 9.17) is 26.4 Å². The molecule has 1 aliphatic rings. The van der Waals surface area contributed by atoms with Crippen LogP contribution in [0.2, 0.25) is 0 Å². The second-order valence-corrected chi connectivity index (χ2v) is 7.97. The van der Waals surface area contributed by atoms with Gasteiger partial charge in [-0.3, -0.25) is 19.8 Å². The van der Waals surface area contributed by atoms with E-state index in [0.717, 1.165) is 11.8 Å². The zero-order valence-corrected chi connectivity index (χ0v) is 18.7. The number of ether oxygens (including phenoxy) is 3. The zero-order chi connectivity index (χ0) is 23.3. The van der Waals surface area contributed by atoms with Crippen LogP contribution in [-0.4, -0.2) is 41.4 Å². The number of nitrogens with zero attached hydrogens (tertiary/aromatic N) is 2. The highest BCUT2D eigenvalue weighted by Crippen LogP contribution is 2.37. The van der Waals surface area contributed by atoms with Gasteiger partial charge in [0.15, 0.2) is 22.4 Å². The van der Waals surface area contributed by atoms with Crippen molar-refractivity contribution in [2.24, 2.45) is 0 Å². The van der Waals surface area contributed by atoms with Crippen LogP contribution in [0.3, 0.4) is 0 Å². The van der Waals surface area contributed by atoms with Crippen LogP contribution in [0.4, 0.5) is 11.4 Å². The molecule has 1 heterocycles. The predicted octanol–water partition coefficient (Wildman–Crippen LogP) is 3.95. The highest BCUT2D eigenvalue weighted by atomic mass is 32.2. The van der Waals surface area contributed by atoms with Crippen molar-refractivity contribution >= 4 is 57.6 Å². The molecule has 0 aliphatic carbocycles. The van der Waals surface area contributed by atoms with Crippen LogP contribution < -0.4 is 14.4 Å². The maximum atomic E-state index is 12.9. The molecule has 2 aromatic carbocycles. The molecule has 0 saturated carbocycles. The van der Waals surface area contributed by atoms with Crippen molar-refractivity contribution in [2.75, 3.05) is 25.2 Å². The van der Waals surface area contributed by atoms with Gasteiger partial charge in [0, 0.05) is 12.1 Å². The lowest BCUT2D eigenvalue weighted by atomic mass is 10.1. The SMILES string of the molecule is CCOC(=O)COc1ccc(C=C2SC(=S)N(c3ccc([N+](=O)[O-])cc3)C2=O)cc1OC.